The van der Waals surface area contributed by atoms with Gasteiger partial charge in [-0.25, -0.2) is 0 Å². The molecule has 0 amide bonds. The van der Waals surface area contributed by atoms with Crippen molar-refractivity contribution in [2.45, 2.75) is 0 Å². The van der Waals surface area contributed by atoms with E-state index in [0.717, 1.165) is 0 Å². The van der Waals surface area contributed by atoms with E-state index in [0.29, 0.717) is 5.57 Å². The van der Waals surface area contributed by atoms with Crippen LogP contribution in [0.4, 0.5) is 0 Å². The predicted molar refractivity (Wildman–Crippen MR) is 20.1 cm³/mol. The fraction of sp³-hybridized carbons (Fsp3) is 0. The number of nitrogens with zero attached hydrogens (tertiary/aromatic N) is 1. The summed E-state index contributed by atoms with van der Waals surface area (Å²) >= 11 is 0. The Labute approximate surface area is 61.4 Å². The van der Waals surface area contributed by atoms with Gasteiger partial charge in [-0.2, -0.15) is 13.5 Å². The number of rotatable bonds is 0. The van der Waals surface area contributed by atoms with Gasteiger partial charge in [-0.1, -0.05) is 6.07 Å². The minimum absolute atomic E-state index is 0. The monoisotopic (exact) mass is 304 g/mol. The van der Waals surface area contributed by atoms with Crippen LogP contribution in [0.5, 0.6) is 0 Å². The normalized spacial score (nSPS) is 4.50. The van der Waals surface area contributed by atoms with Crippen molar-refractivity contribution in [1.82, 2.24) is 0 Å². The second-order valence-corrected chi connectivity index (χ2v) is 0.715. The van der Waals surface area contributed by atoms with Crippen LogP contribution in [0, 0.1) is 49.4 Å². The standard InChI is InChI=1S/C4H4N.U/c1-4(2)3-5;/h1-2H2;/q-1;+2. The maximum Gasteiger partial charge on any atom is 2.00 e. The minimum Gasteiger partial charge on any atom is -0.285 e. The Balaban J connectivity index is 0. The van der Waals surface area contributed by atoms with Crippen molar-refractivity contribution >= 4 is 0 Å². The summed E-state index contributed by atoms with van der Waals surface area (Å²) in [5, 5.41) is 7.73. The van der Waals surface area contributed by atoms with Crippen LogP contribution in [0.15, 0.2) is 12.2 Å². The van der Waals surface area contributed by atoms with Crippen LogP contribution in [-0.2, 0) is 0 Å². The predicted octanol–water partition coefficient (Wildman–Crippen LogP) is 0.900. The van der Waals surface area contributed by atoms with Gasteiger partial charge in [0.1, 0.15) is 0 Å². The van der Waals surface area contributed by atoms with E-state index in [1.807, 2.05) is 0 Å². The summed E-state index contributed by atoms with van der Waals surface area (Å²) in [5.41, 5.74) is 0.310. The molecule has 0 heterocycles. The van der Waals surface area contributed by atoms with Crippen molar-refractivity contribution in [1.29, 1.82) is 5.26 Å². The molecule has 0 aliphatic heterocycles. The molecule has 0 atom stereocenters. The third-order valence-corrected chi connectivity index (χ3v) is 0.158. The maximum atomic E-state index is 7.73. The van der Waals surface area contributed by atoms with Gasteiger partial charge in [0.2, 0.25) is 0 Å². The summed E-state index contributed by atoms with van der Waals surface area (Å²) < 4.78 is 0. The molecule has 0 saturated heterocycles. The van der Waals surface area contributed by atoms with E-state index < -0.39 is 0 Å². The minimum atomic E-state index is 0. The van der Waals surface area contributed by atoms with Crippen molar-refractivity contribution in [3.63, 3.8) is 0 Å². The summed E-state index contributed by atoms with van der Waals surface area (Å²) in [6.45, 7) is 6.40. The van der Waals surface area contributed by atoms with Crippen molar-refractivity contribution in [2.75, 3.05) is 0 Å². The van der Waals surface area contributed by atoms with Crippen molar-refractivity contribution in [3.05, 3.63) is 19.1 Å². The Morgan fingerprint density at radius 3 is 2.00 bits per heavy atom. The molecule has 0 bridgehead atoms. The van der Waals surface area contributed by atoms with Gasteiger partial charge in [-0.05, 0) is 0 Å². The van der Waals surface area contributed by atoms with Crippen LogP contribution in [0.3, 0.4) is 0 Å². The van der Waals surface area contributed by atoms with E-state index in [1.54, 1.807) is 6.07 Å². The molecule has 0 aliphatic carbocycles. The molecule has 0 spiro atoms. The van der Waals surface area contributed by atoms with Crippen LogP contribution < -0.4 is 0 Å². The first-order valence-electron chi connectivity index (χ1n) is 1.18. The van der Waals surface area contributed by atoms with Gasteiger partial charge in [-0.3, -0.25) is 5.26 Å². The van der Waals surface area contributed by atoms with E-state index in [9.17, 15) is 0 Å². The van der Waals surface area contributed by atoms with Crippen molar-refractivity contribution in [3.8, 4) is 6.07 Å². The smallest absolute Gasteiger partial charge is 0.285 e. The molecule has 0 N–H and O–H groups in total. The van der Waals surface area contributed by atoms with Gasteiger partial charge in [0.15, 0.2) is 0 Å². The summed E-state index contributed by atoms with van der Waals surface area (Å²) in [7, 11) is 0. The zero-order valence-corrected chi connectivity index (χ0v) is 7.53. The molecule has 1 nitrogen and oxygen atoms in total. The van der Waals surface area contributed by atoms with Gasteiger partial charge < -0.3 is 0 Å². The van der Waals surface area contributed by atoms with Crippen LogP contribution in [0.1, 0.15) is 0 Å². The van der Waals surface area contributed by atoms with E-state index in [1.165, 1.54) is 0 Å². The summed E-state index contributed by atoms with van der Waals surface area (Å²) in [6.07, 6.45) is 0. The molecule has 28 valence electrons. The Kier molecular flexibility index (Phi) is 8.13. The third kappa shape index (κ3) is 8.91. The Morgan fingerprint density at radius 1 is 1.83 bits per heavy atom. The first-order chi connectivity index (χ1) is 2.27. The fourth-order valence-corrected chi connectivity index (χ4v) is 0. The molecular formula is C4H4NU+. The van der Waals surface area contributed by atoms with Crippen LogP contribution in [0.2, 0.25) is 0 Å². The Morgan fingerprint density at radius 2 is 2.00 bits per heavy atom. The summed E-state index contributed by atoms with van der Waals surface area (Å²) in [6, 6.07) is 1.72. The zero-order chi connectivity index (χ0) is 4.28. The number of hydrogen-bond acceptors (Lipinski definition) is 1. The number of hydrogen-bond donors (Lipinski definition) is 0. The first kappa shape index (κ1) is 9.47. The summed E-state index contributed by atoms with van der Waals surface area (Å²) in [5.74, 6) is 0. The van der Waals surface area contributed by atoms with Gasteiger partial charge in [0, 0.05) is 0 Å². The van der Waals surface area contributed by atoms with E-state index in [4.69, 9.17) is 5.26 Å². The first-order valence-corrected chi connectivity index (χ1v) is 1.18. The fourth-order valence-electron chi connectivity index (χ4n) is 0. The number of nitriles is 1. The molecule has 0 rings (SSSR count). The van der Waals surface area contributed by atoms with Gasteiger partial charge in [-0.15, -0.1) is 5.57 Å². The van der Waals surface area contributed by atoms with E-state index >= 15 is 0 Å². The topological polar surface area (TPSA) is 23.8 Å². The van der Waals surface area contributed by atoms with E-state index in [-0.39, 0.29) is 31.1 Å². The average Bonchev–Trinajstić information content (AvgIpc) is 1.38. The van der Waals surface area contributed by atoms with Gasteiger partial charge >= 0.3 is 31.1 Å². The molecule has 2 heteroatoms. The molecule has 0 radical (unpaired) electrons. The quantitative estimate of drug-likeness (QED) is 0.482. The maximum absolute atomic E-state index is 7.73. The third-order valence-electron chi connectivity index (χ3n) is 0.158. The molecule has 0 aromatic carbocycles. The second kappa shape index (κ2) is 5.15. The van der Waals surface area contributed by atoms with Crippen molar-refractivity contribution in [2.24, 2.45) is 0 Å². The molecule has 0 unspecified atom stereocenters. The van der Waals surface area contributed by atoms with Crippen LogP contribution >= 0.6 is 0 Å². The van der Waals surface area contributed by atoms with Gasteiger partial charge in [0.05, 0.1) is 0 Å². The molecule has 0 aromatic heterocycles. The molecular weight excluding hydrogens is 300 g/mol. The van der Waals surface area contributed by atoms with Gasteiger partial charge in [0.25, 0.3) is 0 Å². The Bertz CT molecular complexity index is 80.0. The molecule has 0 aliphatic rings. The molecule has 0 aromatic rings. The average molecular weight is 304 g/mol. The van der Waals surface area contributed by atoms with E-state index in [2.05, 4.69) is 13.5 Å². The Hall–Kier alpha value is 0.152. The molecule has 0 fully saturated rings. The zero-order valence-electron chi connectivity index (χ0n) is 3.36. The summed E-state index contributed by atoms with van der Waals surface area (Å²) in [4.78, 5) is 0. The number of allylic oxidation sites excluding steroid dienone is 1. The second-order valence-electron chi connectivity index (χ2n) is 0.715. The molecule has 0 saturated carbocycles. The van der Waals surface area contributed by atoms with Crippen LogP contribution in [-0.4, -0.2) is 0 Å². The largest absolute Gasteiger partial charge is 2.00 e. The molecule has 6 heavy (non-hydrogen) atoms. The SMILES string of the molecule is C=C([CH2-])C#N.[U+2]. The van der Waals surface area contributed by atoms with Crippen LogP contribution in [0.25, 0.3) is 0 Å². The van der Waals surface area contributed by atoms with Crippen molar-refractivity contribution < 1.29 is 31.1 Å².